The monoisotopic (exact) mass is 311 g/mol. The van der Waals surface area contributed by atoms with Crippen LogP contribution in [0.4, 0.5) is 5.69 Å². The first-order chi connectivity index (χ1) is 9.91. The molecule has 3 rings (SSSR count). The fourth-order valence-electron chi connectivity index (χ4n) is 3.32. The Hall–Kier alpha value is -1.51. The highest BCUT2D eigenvalue weighted by Crippen LogP contribution is 2.36. The molecule has 0 radical (unpaired) electrons. The van der Waals surface area contributed by atoms with E-state index in [1.165, 1.54) is 28.6 Å². The number of non-ortho nitro benzene ring substituents is 1. The van der Waals surface area contributed by atoms with Gasteiger partial charge in [0.2, 0.25) is 10.0 Å². The van der Waals surface area contributed by atoms with Gasteiger partial charge in [0.25, 0.3) is 5.69 Å². The maximum atomic E-state index is 12.7. The molecule has 3 atom stereocenters. The van der Waals surface area contributed by atoms with Gasteiger partial charge < -0.3 is 5.32 Å². The van der Waals surface area contributed by atoms with Crippen LogP contribution in [-0.4, -0.2) is 43.3 Å². The summed E-state index contributed by atoms with van der Waals surface area (Å²) in [7, 11) is -3.59. The van der Waals surface area contributed by atoms with Crippen molar-refractivity contribution in [2.75, 3.05) is 19.6 Å². The minimum atomic E-state index is -3.59. The molecule has 1 aromatic rings. The maximum Gasteiger partial charge on any atom is 0.269 e. The molecule has 0 aliphatic carbocycles. The van der Waals surface area contributed by atoms with Crippen LogP contribution in [0.1, 0.15) is 6.92 Å². The lowest BCUT2D eigenvalue weighted by Crippen LogP contribution is -2.38. The van der Waals surface area contributed by atoms with Crippen molar-refractivity contribution in [3.8, 4) is 0 Å². The van der Waals surface area contributed by atoms with E-state index in [-0.39, 0.29) is 16.6 Å². The summed E-state index contributed by atoms with van der Waals surface area (Å²) in [6.07, 6.45) is 0. The number of nitrogens with zero attached hydrogens (tertiary/aromatic N) is 2. The molecule has 0 amide bonds. The number of nitro benzene ring substituents is 1. The van der Waals surface area contributed by atoms with Gasteiger partial charge in [0.1, 0.15) is 0 Å². The van der Waals surface area contributed by atoms with Crippen molar-refractivity contribution in [1.82, 2.24) is 9.62 Å². The zero-order valence-electron chi connectivity index (χ0n) is 11.6. The van der Waals surface area contributed by atoms with E-state index in [1.54, 1.807) is 0 Å². The summed E-state index contributed by atoms with van der Waals surface area (Å²) in [5, 5.41) is 13.9. The number of rotatable bonds is 3. The van der Waals surface area contributed by atoms with E-state index >= 15 is 0 Å². The van der Waals surface area contributed by atoms with Crippen molar-refractivity contribution in [2.45, 2.75) is 17.9 Å². The number of fused-ring (bicyclic) bond motifs is 1. The largest absolute Gasteiger partial charge is 0.316 e. The summed E-state index contributed by atoms with van der Waals surface area (Å²) < 4.78 is 26.9. The third-order valence-corrected chi connectivity index (χ3v) is 6.50. The average molecular weight is 311 g/mol. The number of hydrogen-bond acceptors (Lipinski definition) is 5. The van der Waals surface area contributed by atoms with Gasteiger partial charge in [-0.2, -0.15) is 4.31 Å². The third-order valence-electron chi connectivity index (χ3n) is 4.53. The molecule has 2 aliphatic heterocycles. The van der Waals surface area contributed by atoms with Crippen LogP contribution in [0, 0.1) is 22.0 Å². The molecule has 0 saturated carbocycles. The zero-order valence-corrected chi connectivity index (χ0v) is 12.4. The van der Waals surface area contributed by atoms with Crippen molar-refractivity contribution in [3.05, 3.63) is 34.4 Å². The predicted octanol–water partition coefficient (Wildman–Crippen LogP) is 0.823. The number of sulfonamides is 1. The van der Waals surface area contributed by atoms with Gasteiger partial charge in [-0.1, -0.05) is 0 Å². The molecule has 0 spiro atoms. The highest BCUT2D eigenvalue weighted by atomic mass is 32.2. The minimum absolute atomic E-state index is 0.0507. The molecule has 2 saturated heterocycles. The Morgan fingerprint density at radius 1 is 1.29 bits per heavy atom. The van der Waals surface area contributed by atoms with Gasteiger partial charge in [-0.05, 0) is 44.0 Å². The van der Waals surface area contributed by atoms with E-state index in [4.69, 9.17) is 0 Å². The SMILES string of the molecule is CC1C2CNCC2CN1S(=O)(=O)c1ccc([N+](=O)[O-])cc1. The van der Waals surface area contributed by atoms with Gasteiger partial charge in [-0.25, -0.2) is 8.42 Å². The van der Waals surface area contributed by atoms with Crippen LogP contribution in [0.2, 0.25) is 0 Å². The van der Waals surface area contributed by atoms with Crippen LogP contribution in [-0.2, 0) is 10.0 Å². The Bertz CT molecular complexity index is 658. The van der Waals surface area contributed by atoms with Crippen LogP contribution >= 0.6 is 0 Å². The van der Waals surface area contributed by atoms with E-state index in [1.807, 2.05) is 6.92 Å². The van der Waals surface area contributed by atoms with E-state index < -0.39 is 14.9 Å². The maximum absolute atomic E-state index is 12.7. The highest BCUT2D eigenvalue weighted by Gasteiger charge is 2.46. The average Bonchev–Trinajstić information content (AvgIpc) is 3.02. The molecule has 1 N–H and O–H groups in total. The second kappa shape index (κ2) is 5.04. The Morgan fingerprint density at radius 3 is 2.52 bits per heavy atom. The van der Waals surface area contributed by atoms with Crippen molar-refractivity contribution in [2.24, 2.45) is 11.8 Å². The molecule has 0 bridgehead atoms. The van der Waals surface area contributed by atoms with Gasteiger partial charge in [0, 0.05) is 24.7 Å². The second-order valence-electron chi connectivity index (χ2n) is 5.65. The van der Waals surface area contributed by atoms with Gasteiger partial charge in [-0.15, -0.1) is 0 Å². The molecule has 2 fully saturated rings. The first kappa shape index (κ1) is 14.4. The minimum Gasteiger partial charge on any atom is -0.316 e. The second-order valence-corrected chi connectivity index (χ2v) is 7.54. The summed E-state index contributed by atoms with van der Waals surface area (Å²) in [5.74, 6) is 0.700. The van der Waals surface area contributed by atoms with Crippen molar-refractivity contribution in [1.29, 1.82) is 0 Å². The van der Waals surface area contributed by atoms with Gasteiger partial charge >= 0.3 is 0 Å². The number of benzene rings is 1. The standard InChI is InChI=1S/C13H17N3O4S/c1-9-13-7-14-6-10(13)8-15(9)21(19,20)12-4-2-11(3-5-12)16(17)18/h2-5,9-10,13-14H,6-8H2,1H3. The smallest absolute Gasteiger partial charge is 0.269 e. The van der Waals surface area contributed by atoms with Crippen molar-refractivity contribution in [3.63, 3.8) is 0 Å². The van der Waals surface area contributed by atoms with E-state index in [2.05, 4.69) is 5.32 Å². The predicted molar refractivity (Wildman–Crippen MR) is 76.3 cm³/mol. The topological polar surface area (TPSA) is 92.6 Å². The molecule has 7 nitrogen and oxygen atoms in total. The molecular weight excluding hydrogens is 294 g/mol. The van der Waals surface area contributed by atoms with Gasteiger partial charge in [0.15, 0.2) is 0 Å². The summed E-state index contributed by atoms with van der Waals surface area (Å²) in [6.45, 7) is 4.14. The summed E-state index contributed by atoms with van der Waals surface area (Å²) in [6, 6.07) is 5.04. The third kappa shape index (κ3) is 2.33. The molecule has 21 heavy (non-hydrogen) atoms. The molecule has 8 heteroatoms. The normalized spacial score (nSPS) is 29.5. The van der Waals surface area contributed by atoms with E-state index in [9.17, 15) is 18.5 Å². The van der Waals surface area contributed by atoms with E-state index in [0.717, 1.165) is 13.1 Å². The van der Waals surface area contributed by atoms with E-state index in [0.29, 0.717) is 18.4 Å². The Kier molecular flexibility index (Phi) is 3.46. The summed E-state index contributed by atoms with van der Waals surface area (Å²) in [4.78, 5) is 10.2. The molecule has 3 unspecified atom stereocenters. The van der Waals surface area contributed by atoms with Crippen LogP contribution in [0.25, 0.3) is 0 Å². The fraction of sp³-hybridized carbons (Fsp3) is 0.538. The molecule has 2 aliphatic rings. The molecule has 0 aromatic heterocycles. The molecule has 2 heterocycles. The summed E-state index contributed by atoms with van der Waals surface area (Å²) in [5.41, 5.74) is -0.107. The number of nitro groups is 1. The number of hydrogen-bond donors (Lipinski definition) is 1. The fourth-order valence-corrected chi connectivity index (χ4v) is 5.05. The van der Waals surface area contributed by atoms with Crippen molar-refractivity contribution >= 4 is 15.7 Å². The molecular formula is C13H17N3O4S. The van der Waals surface area contributed by atoms with Crippen LogP contribution in [0.5, 0.6) is 0 Å². The Morgan fingerprint density at radius 2 is 1.95 bits per heavy atom. The highest BCUT2D eigenvalue weighted by molar-refractivity contribution is 7.89. The number of nitrogens with one attached hydrogen (secondary N) is 1. The lowest BCUT2D eigenvalue weighted by molar-refractivity contribution is -0.384. The summed E-state index contributed by atoms with van der Waals surface area (Å²) >= 11 is 0. The lowest BCUT2D eigenvalue weighted by Gasteiger charge is -2.23. The Labute approximate surface area is 123 Å². The first-order valence-electron chi connectivity index (χ1n) is 6.88. The lowest BCUT2D eigenvalue weighted by atomic mass is 9.95. The quantitative estimate of drug-likeness (QED) is 0.659. The Balaban J connectivity index is 1.88. The zero-order chi connectivity index (χ0) is 15.2. The van der Waals surface area contributed by atoms with Crippen molar-refractivity contribution < 1.29 is 13.3 Å². The van der Waals surface area contributed by atoms with Crippen LogP contribution in [0.3, 0.4) is 0 Å². The molecule has 114 valence electrons. The van der Waals surface area contributed by atoms with Crippen LogP contribution < -0.4 is 5.32 Å². The van der Waals surface area contributed by atoms with Crippen LogP contribution in [0.15, 0.2) is 29.2 Å². The van der Waals surface area contributed by atoms with Gasteiger partial charge in [0.05, 0.1) is 9.82 Å². The first-order valence-corrected chi connectivity index (χ1v) is 8.32. The van der Waals surface area contributed by atoms with Gasteiger partial charge in [-0.3, -0.25) is 10.1 Å². The molecule has 1 aromatic carbocycles.